The second-order valence-electron chi connectivity index (χ2n) is 5.37. The molecular weight excluding hydrogens is 384 g/mol. The van der Waals surface area contributed by atoms with Crippen LogP contribution >= 0.6 is 12.6 Å². The van der Waals surface area contributed by atoms with Gasteiger partial charge in [0.25, 0.3) is 0 Å². The highest BCUT2D eigenvalue weighted by Crippen LogP contribution is 1.95. The fraction of sp³-hybridized carbons (Fsp3) is 0.538. The highest BCUT2D eigenvalue weighted by atomic mass is 32.1. The molecule has 3 unspecified atom stereocenters. The molecule has 5 amide bonds. The maximum absolute atomic E-state index is 12.1. The molecule has 0 aliphatic rings. The van der Waals surface area contributed by atoms with Crippen LogP contribution in [0.25, 0.3) is 0 Å². The number of rotatable bonds is 12. The molecule has 10 N–H and O–H groups in total. The summed E-state index contributed by atoms with van der Waals surface area (Å²) in [7, 11) is 0. The van der Waals surface area contributed by atoms with Gasteiger partial charge in [-0.3, -0.25) is 24.0 Å². The number of thiol groups is 1. The molecular formula is C13H22N6O7S. The predicted molar refractivity (Wildman–Crippen MR) is 94.0 cm³/mol. The van der Waals surface area contributed by atoms with Gasteiger partial charge in [0, 0.05) is 5.75 Å². The molecule has 0 aliphatic carbocycles. The molecule has 0 saturated heterocycles. The summed E-state index contributed by atoms with van der Waals surface area (Å²) >= 11 is 3.83. The van der Waals surface area contributed by atoms with Gasteiger partial charge < -0.3 is 38.3 Å². The summed E-state index contributed by atoms with van der Waals surface area (Å²) in [6.45, 7) is -0.689. The first-order valence-corrected chi connectivity index (χ1v) is 8.14. The minimum absolute atomic E-state index is 0.0183. The van der Waals surface area contributed by atoms with Gasteiger partial charge >= 0.3 is 5.97 Å². The zero-order valence-corrected chi connectivity index (χ0v) is 15.0. The summed E-state index contributed by atoms with van der Waals surface area (Å²) in [5.41, 5.74) is 15.3. The molecule has 0 saturated carbocycles. The number of primary amides is 2. The van der Waals surface area contributed by atoms with Gasteiger partial charge in [-0.15, -0.1) is 0 Å². The van der Waals surface area contributed by atoms with E-state index < -0.39 is 73.0 Å². The Morgan fingerprint density at radius 1 is 0.889 bits per heavy atom. The topological polar surface area (TPSA) is 237 Å². The quantitative estimate of drug-likeness (QED) is 0.146. The summed E-state index contributed by atoms with van der Waals surface area (Å²) < 4.78 is 0. The average molecular weight is 406 g/mol. The van der Waals surface area contributed by atoms with Crippen LogP contribution in [0.4, 0.5) is 0 Å². The molecule has 0 bridgehead atoms. The van der Waals surface area contributed by atoms with E-state index in [9.17, 15) is 28.8 Å². The maximum atomic E-state index is 12.1. The lowest BCUT2D eigenvalue weighted by molar-refractivity contribution is -0.143. The van der Waals surface area contributed by atoms with Crippen LogP contribution in [0.1, 0.15) is 12.8 Å². The number of hydrogen-bond donors (Lipinski definition) is 8. The lowest BCUT2D eigenvalue weighted by atomic mass is 10.1. The van der Waals surface area contributed by atoms with Crippen molar-refractivity contribution >= 4 is 48.1 Å². The van der Waals surface area contributed by atoms with E-state index in [4.69, 9.17) is 22.3 Å². The van der Waals surface area contributed by atoms with Crippen LogP contribution in [0, 0.1) is 0 Å². The van der Waals surface area contributed by atoms with Crippen molar-refractivity contribution in [2.45, 2.75) is 31.0 Å². The molecule has 13 nitrogen and oxygen atoms in total. The van der Waals surface area contributed by atoms with Crippen LogP contribution < -0.4 is 33.2 Å². The molecule has 0 spiro atoms. The van der Waals surface area contributed by atoms with Gasteiger partial charge in [-0.05, 0) is 0 Å². The summed E-state index contributed by atoms with van der Waals surface area (Å²) in [6.07, 6.45) is -1.20. The van der Waals surface area contributed by atoms with E-state index in [1.165, 1.54) is 0 Å². The number of carbonyl (C=O) groups excluding carboxylic acids is 5. The molecule has 0 aliphatic heterocycles. The van der Waals surface area contributed by atoms with Crippen molar-refractivity contribution in [2.75, 3.05) is 12.3 Å². The van der Waals surface area contributed by atoms with E-state index in [-0.39, 0.29) is 5.75 Å². The van der Waals surface area contributed by atoms with E-state index >= 15 is 0 Å². The van der Waals surface area contributed by atoms with Gasteiger partial charge in [0.15, 0.2) is 0 Å². The van der Waals surface area contributed by atoms with Crippen LogP contribution in [0.15, 0.2) is 0 Å². The van der Waals surface area contributed by atoms with Crippen LogP contribution in [-0.2, 0) is 28.8 Å². The molecule has 0 heterocycles. The van der Waals surface area contributed by atoms with Gasteiger partial charge in [0.05, 0.1) is 25.4 Å². The second-order valence-corrected chi connectivity index (χ2v) is 5.73. The van der Waals surface area contributed by atoms with Gasteiger partial charge in [-0.25, -0.2) is 4.79 Å². The number of nitrogens with two attached hydrogens (primary N) is 3. The number of amides is 5. The van der Waals surface area contributed by atoms with Gasteiger partial charge in [0.1, 0.15) is 12.1 Å². The van der Waals surface area contributed by atoms with E-state index in [1.54, 1.807) is 0 Å². The number of aliphatic carboxylic acids is 1. The number of carbonyl (C=O) groups is 6. The number of hydrogen-bond acceptors (Lipinski definition) is 8. The molecule has 0 fully saturated rings. The SMILES string of the molecule is NC(=O)CC(NC(=O)CNC(=O)C(CC(N)=O)NC(=O)C(N)CS)C(=O)O. The molecule has 0 aromatic rings. The molecule has 3 atom stereocenters. The van der Waals surface area contributed by atoms with Crippen LogP contribution in [-0.4, -0.2) is 71.0 Å². The minimum atomic E-state index is -1.57. The van der Waals surface area contributed by atoms with Crippen LogP contribution in [0.2, 0.25) is 0 Å². The molecule has 0 aromatic carbocycles. The number of carboxylic acid groups (broad SMARTS) is 1. The predicted octanol–water partition coefficient (Wildman–Crippen LogP) is -4.84. The molecule has 152 valence electrons. The van der Waals surface area contributed by atoms with Gasteiger partial charge in [-0.2, -0.15) is 12.6 Å². The van der Waals surface area contributed by atoms with E-state index in [0.717, 1.165) is 0 Å². The normalized spacial score (nSPS) is 13.6. The first kappa shape index (κ1) is 24.1. The smallest absolute Gasteiger partial charge is 0.326 e. The zero-order valence-electron chi connectivity index (χ0n) is 14.1. The van der Waals surface area contributed by atoms with Gasteiger partial charge in [-0.1, -0.05) is 0 Å². The van der Waals surface area contributed by atoms with Crippen molar-refractivity contribution in [2.24, 2.45) is 17.2 Å². The lowest BCUT2D eigenvalue weighted by Crippen LogP contribution is -2.54. The molecule has 0 rings (SSSR count). The maximum Gasteiger partial charge on any atom is 0.326 e. The third-order valence-electron chi connectivity index (χ3n) is 3.03. The first-order chi connectivity index (χ1) is 12.5. The average Bonchev–Trinajstić information content (AvgIpc) is 2.56. The van der Waals surface area contributed by atoms with Crippen molar-refractivity contribution in [3.8, 4) is 0 Å². The minimum Gasteiger partial charge on any atom is -0.480 e. The highest BCUT2D eigenvalue weighted by molar-refractivity contribution is 7.80. The molecule has 14 heteroatoms. The van der Waals surface area contributed by atoms with E-state index in [1.807, 2.05) is 5.32 Å². The Kier molecular flexibility index (Phi) is 10.4. The Balaban J connectivity index is 4.80. The van der Waals surface area contributed by atoms with E-state index in [0.29, 0.717) is 0 Å². The Morgan fingerprint density at radius 3 is 1.85 bits per heavy atom. The van der Waals surface area contributed by atoms with Crippen molar-refractivity contribution in [1.82, 2.24) is 16.0 Å². The Bertz CT molecular complexity index is 614. The van der Waals surface area contributed by atoms with Crippen molar-refractivity contribution in [1.29, 1.82) is 0 Å². The second kappa shape index (κ2) is 11.7. The highest BCUT2D eigenvalue weighted by Gasteiger charge is 2.26. The summed E-state index contributed by atoms with van der Waals surface area (Å²) in [5, 5.41) is 15.2. The molecule has 27 heavy (non-hydrogen) atoms. The first-order valence-electron chi connectivity index (χ1n) is 7.51. The standard InChI is InChI=1S/C13H22N6O7S/c14-5(4-27)11(23)19-6(1-8(15)20)12(24)17-3-10(22)18-7(13(25)26)2-9(16)21/h5-7,27H,1-4,14H2,(H2,15,20)(H2,16,21)(H,17,24)(H,18,22)(H,19,23)(H,25,26). The fourth-order valence-electron chi connectivity index (χ4n) is 1.71. The van der Waals surface area contributed by atoms with Crippen LogP contribution in [0.3, 0.4) is 0 Å². The van der Waals surface area contributed by atoms with Gasteiger partial charge in [0.2, 0.25) is 29.5 Å². The van der Waals surface area contributed by atoms with Crippen LogP contribution in [0.5, 0.6) is 0 Å². The fourth-order valence-corrected chi connectivity index (χ4v) is 1.88. The summed E-state index contributed by atoms with van der Waals surface area (Å²) in [6, 6.07) is -4.00. The third-order valence-corrected chi connectivity index (χ3v) is 3.43. The Labute approximate surface area is 159 Å². The Hall–Kier alpha value is -2.87. The number of nitrogens with one attached hydrogen (secondary N) is 3. The Morgan fingerprint density at radius 2 is 1.41 bits per heavy atom. The summed E-state index contributed by atoms with van der Waals surface area (Å²) in [5.74, 6) is -5.98. The zero-order chi connectivity index (χ0) is 21.1. The summed E-state index contributed by atoms with van der Waals surface area (Å²) in [4.78, 5) is 68.3. The molecule has 0 aromatic heterocycles. The third kappa shape index (κ3) is 10.0. The number of carboxylic acids is 1. The van der Waals surface area contributed by atoms with Crippen molar-refractivity contribution in [3.05, 3.63) is 0 Å². The van der Waals surface area contributed by atoms with Crippen molar-refractivity contribution < 1.29 is 33.9 Å². The largest absolute Gasteiger partial charge is 0.480 e. The van der Waals surface area contributed by atoms with E-state index in [2.05, 4.69) is 23.3 Å². The van der Waals surface area contributed by atoms with Crippen molar-refractivity contribution in [3.63, 3.8) is 0 Å². The lowest BCUT2D eigenvalue weighted by Gasteiger charge is -2.19. The monoisotopic (exact) mass is 406 g/mol. The molecule has 0 radical (unpaired) electrons.